The van der Waals surface area contributed by atoms with Gasteiger partial charge in [0.15, 0.2) is 0 Å². The summed E-state index contributed by atoms with van der Waals surface area (Å²) in [5, 5.41) is 16.6. The topological polar surface area (TPSA) is 62.2 Å². The van der Waals surface area contributed by atoms with E-state index in [0.717, 1.165) is 27.4 Å². The number of nitrogens with one attached hydrogen (secondary N) is 1. The van der Waals surface area contributed by atoms with Crippen molar-refractivity contribution in [1.82, 2.24) is 10.3 Å². The summed E-state index contributed by atoms with van der Waals surface area (Å²) in [7, 11) is 0. The van der Waals surface area contributed by atoms with Gasteiger partial charge in [0.25, 0.3) is 0 Å². The lowest BCUT2D eigenvalue weighted by atomic mass is 9.78. The molecule has 26 heavy (non-hydrogen) atoms. The number of aromatic hydroxyl groups is 1. The van der Waals surface area contributed by atoms with E-state index in [1.54, 1.807) is 0 Å². The molecular weight excluding hydrogens is 344 g/mol. The zero-order chi connectivity index (χ0) is 19.7. The molecule has 2 rings (SSSR count). The SMILES string of the molecule is CCC(=O)NCc1nc(-c2cc(C(C)(C)C)c(O)c(C(C)(C)C)c2)cs1. The summed E-state index contributed by atoms with van der Waals surface area (Å²) in [5.41, 5.74) is 3.39. The summed E-state index contributed by atoms with van der Waals surface area (Å²) in [6, 6.07) is 4.07. The number of rotatable bonds is 4. The lowest BCUT2D eigenvalue weighted by molar-refractivity contribution is -0.120. The molecule has 2 aromatic rings. The monoisotopic (exact) mass is 374 g/mol. The van der Waals surface area contributed by atoms with Crippen LogP contribution in [0.25, 0.3) is 11.3 Å². The number of aromatic nitrogens is 1. The second kappa shape index (κ2) is 7.39. The number of hydrogen-bond donors (Lipinski definition) is 2. The van der Waals surface area contributed by atoms with E-state index in [9.17, 15) is 9.90 Å². The van der Waals surface area contributed by atoms with Gasteiger partial charge in [-0.2, -0.15) is 0 Å². The predicted molar refractivity (Wildman–Crippen MR) is 109 cm³/mol. The van der Waals surface area contributed by atoms with Crippen molar-refractivity contribution in [2.45, 2.75) is 72.3 Å². The van der Waals surface area contributed by atoms with Crippen molar-refractivity contribution < 1.29 is 9.90 Å². The number of thiazole rings is 1. The molecule has 0 spiro atoms. The molecule has 0 unspecified atom stereocenters. The third-order valence-electron chi connectivity index (χ3n) is 4.33. The molecule has 0 aliphatic carbocycles. The first-order chi connectivity index (χ1) is 11.9. The van der Waals surface area contributed by atoms with Crippen molar-refractivity contribution in [1.29, 1.82) is 0 Å². The maximum absolute atomic E-state index is 11.4. The van der Waals surface area contributed by atoms with Gasteiger partial charge >= 0.3 is 0 Å². The maximum Gasteiger partial charge on any atom is 0.220 e. The van der Waals surface area contributed by atoms with Gasteiger partial charge in [-0.15, -0.1) is 11.3 Å². The van der Waals surface area contributed by atoms with Crippen LogP contribution in [0.15, 0.2) is 17.5 Å². The molecule has 5 heteroatoms. The van der Waals surface area contributed by atoms with Gasteiger partial charge in [0.05, 0.1) is 12.2 Å². The largest absolute Gasteiger partial charge is 0.507 e. The molecule has 0 aliphatic heterocycles. The highest BCUT2D eigenvalue weighted by Crippen LogP contribution is 2.42. The van der Waals surface area contributed by atoms with Crippen LogP contribution >= 0.6 is 11.3 Å². The number of nitrogens with zero attached hydrogens (tertiary/aromatic N) is 1. The van der Waals surface area contributed by atoms with Crippen molar-refractivity contribution in [3.05, 3.63) is 33.6 Å². The zero-order valence-corrected chi connectivity index (χ0v) is 17.7. The molecule has 1 aromatic heterocycles. The summed E-state index contributed by atoms with van der Waals surface area (Å²) in [4.78, 5) is 16.1. The van der Waals surface area contributed by atoms with Crippen LogP contribution in [0.1, 0.15) is 71.0 Å². The molecule has 1 amide bonds. The fourth-order valence-electron chi connectivity index (χ4n) is 2.75. The Balaban J connectivity index is 2.47. The zero-order valence-electron chi connectivity index (χ0n) is 16.9. The van der Waals surface area contributed by atoms with Crippen LogP contribution in [0.2, 0.25) is 0 Å². The fourth-order valence-corrected chi connectivity index (χ4v) is 3.49. The number of carbonyl (C=O) groups excluding carboxylic acids is 1. The van der Waals surface area contributed by atoms with Crippen LogP contribution in [0.3, 0.4) is 0 Å². The Morgan fingerprint density at radius 3 is 2.12 bits per heavy atom. The molecule has 4 nitrogen and oxygen atoms in total. The van der Waals surface area contributed by atoms with E-state index in [1.807, 2.05) is 24.4 Å². The van der Waals surface area contributed by atoms with Crippen LogP contribution in [-0.2, 0) is 22.2 Å². The summed E-state index contributed by atoms with van der Waals surface area (Å²) in [5.74, 6) is 0.399. The highest BCUT2D eigenvalue weighted by Gasteiger charge is 2.27. The molecule has 1 aromatic carbocycles. The van der Waals surface area contributed by atoms with E-state index in [2.05, 4.69) is 51.8 Å². The summed E-state index contributed by atoms with van der Waals surface area (Å²) < 4.78 is 0. The van der Waals surface area contributed by atoms with E-state index in [4.69, 9.17) is 0 Å². The first-order valence-corrected chi connectivity index (χ1v) is 9.91. The smallest absolute Gasteiger partial charge is 0.220 e. The number of phenolic OH excluding ortho intramolecular Hbond substituents is 1. The van der Waals surface area contributed by atoms with E-state index in [-0.39, 0.29) is 16.7 Å². The average Bonchev–Trinajstić information content (AvgIpc) is 2.99. The lowest BCUT2D eigenvalue weighted by Gasteiger charge is -2.28. The van der Waals surface area contributed by atoms with Gasteiger partial charge in [0.2, 0.25) is 5.91 Å². The van der Waals surface area contributed by atoms with E-state index >= 15 is 0 Å². The highest BCUT2D eigenvalue weighted by molar-refractivity contribution is 7.09. The minimum absolute atomic E-state index is 0.0245. The Morgan fingerprint density at radius 2 is 1.65 bits per heavy atom. The van der Waals surface area contributed by atoms with Crippen LogP contribution in [0, 0.1) is 0 Å². The Labute approximate surface area is 160 Å². The van der Waals surface area contributed by atoms with Gasteiger partial charge in [0, 0.05) is 28.5 Å². The van der Waals surface area contributed by atoms with E-state index in [1.165, 1.54) is 11.3 Å². The first-order valence-electron chi connectivity index (χ1n) is 9.03. The Kier molecular flexibility index (Phi) is 5.81. The standard InChI is InChI=1S/C21H30N2O2S/c1-8-17(24)22-11-18-23-16(12-26-18)13-9-14(20(2,3)4)19(25)15(10-13)21(5,6)7/h9-10,12,25H,8,11H2,1-7H3,(H,22,24). The number of hydrogen-bond acceptors (Lipinski definition) is 4. The van der Waals surface area contributed by atoms with Gasteiger partial charge in [0.1, 0.15) is 10.8 Å². The van der Waals surface area contributed by atoms with Crippen molar-refractivity contribution in [2.24, 2.45) is 0 Å². The minimum Gasteiger partial charge on any atom is -0.507 e. The van der Waals surface area contributed by atoms with Crippen LogP contribution in [-0.4, -0.2) is 16.0 Å². The molecule has 0 radical (unpaired) electrons. The van der Waals surface area contributed by atoms with Crippen molar-refractivity contribution >= 4 is 17.2 Å². The quantitative estimate of drug-likeness (QED) is 0.779. The normalized spacial score (nSPS) is 12.3. The molecule has 0 saturated heterocycles. The molecule has 1 heterocycles. The van der Waals surface area contributed by atoms with Gasteiger partial charge in [-0.1, -0.05) is 48.5 Å². The molecule has 0 aliphatic rings. The number of carbonyl (C=O) groups is 1. The van der Waals surface area contributed by atoms with Gasteiger partial charge in [-0.3, -0.25) is 4.79 Å². The lowest BCUT2D eigenvalue weighted by Crippen LogP contribution is -2.21. The second-order valence-electron chi connectivity index (χ2n) is 8.68. The van der Waals surface area contributed by atoms with Gasteiger partial charge < -0.3 is 10.4 Å². The van der Waals surface area contributed by atoms with E-state index in [0.29, 0.717) is 18.7 Å². The van der Waals surface area contributed by atoms with Crippen LogP contribution < -0.4 is 5.32 Å². The number of amides is 1. The van der Waals surface area contributed by atoms with Crippen LogP contribution in [0.4, 0.5) is 0 Å². The third kappa shape index (κ3) is 4.64. The number of phenols is 1. The van der Waals surface area contributed by atoms with Crippen molar-refractivity contribution in [2.75, 3.05) is 0 Å². The minimum atomic E-state index is -0.173. The third-order valence-corrected chi connectivity index (χ3v) is 5.18. The second-order valence-corrected chi connectivity index (χ2v) is 9.62. The predicted octanol–water partition coefficient (Wildman–Crippen LogP) is 5.14. The summed E-state index contributed by atoms with van der Waals surface area (Å²) in [6.45, 7) is 14.9. The van der Waals surface area contributed by atoms with Crippen molar-refractivity contribution in [3.8, 4) is 17.0 Å². The Bertz CT molecular complexity index is 760. The molecule has 0 fully saturated rings. The van der Waals surface area contributed by atoms with E-state index < -0.39 is 0 Å². The highest BCUT2D eigenvalue weighted by atomic mass is 32.1. The van der Waals surface area contributed by atoms with Gasteiger partial charge in [-0.25, -0.2) is 4.98 Å². The van der Waals surface area contributed by atoms with Crippen LogP contribution in [0.5, 0.6) is 5.75 Å². The average molecular weight is 375 g/mol. The molecular formula is C21H30N2O2S. The molecule has 2 N–H and O–H groups in total. The molecule has 0 atom stereocenters. The summed E-state index contributed by atoms with van der Waals surface area (Å²) in [6.07, 6.45) is 0.472. The Hall–Kier alpha value is -1.88. The Morgan fingerprint density at radius 1 is 1.12 bits per heavy atom. The molecule has 0 saturated carbocycles. The number of benzene rings is 1. The van der Waals surface area contributed by atoms with Crippen molar-refractivity contribution in [3.63, 3.8) is 0 Å². The molecule has 142 valence electrons. The summed E-state index contributed by atoms with van der Waals surface area (Å²) >= 11 is 1.54. The fraction of sp³-hybridized carbons (Fsp3) is 0.524. The molecule has 0 bridgehead atoms. The first kappa shape index (κ1) is 20.4. The maximum atomic E-state index is 11.4. The van der Waals surface area contributed by atoms with Gasteiger partial charge in [-0.05, 0) is 23.0 Å².